The van der Waals surface area contributed by atoms with E-state index in [1.54, 1.807) is 0 Å². The Morgan fingerprint density at radius 1 is 0.453 bits per heavy atom. The Kier molecular flexibility index (Phi) is 7.47. The van der Waals surface area contributed by atoms with Crippen molar-refractivity contribution in [3.63, 3.8) is 0 Å². The number of ether oxygens (including phenoxy) is 1. The summed E-state index contributed by atoms with van der Waals surface area (Å²) in [5, 5.41) is 2.40. The van der Waals surface area contributed by atoms with E-state index in [1.807, 2.05) is 24.4 Å². The van der Waals surface area contributed by atoms with Crippen molar-refractivity contribution in [2.45, 2.75) is 0 Å². The molecule has 0 radical (unpaired) electrons. The second kappa shape index (κ2) is 12.9. The minimum atomic E-state index is 0.639. The number of hydrogen-bond donors (Lipinski definition) is 0. The molecule has 5 nitrogen and oxygen atoms in total. The SMILES string of the molecule is c1ccc(-c2cccc(-c3ccccc3)c2N2CN(c3cccc(Oc4ccnc(-n5c6ccccc6c6ccccc65)c4)c3)c3ccccc32)cc1. The average molecular weight is 683 g/mol. The number of pyridine rings is 1. The fourth-order valence-electron chi connectivity index (χ4n) is 7.77. The first-order chi connectivity index (χ1) is 26.3. The largest absolute Gasteiger partial charge is 0.457 e. The number of aromatic nitrogens is 2. The second-order valence-electron chi connectivity index (χ2n) is 13.2. The normalized spacial score (nSPS) is 12.4. The molecule has 1 aliphatic rings. The van der Waals surface area contributed by atoms with Crippen LogP contribution in [-0.2, 0) is 0 Å². The third-order valence-corrected chi connectivity index (χ3v) is 10.1. The predicted molar refractivity (Wildman–Crippen MR) is 218 cm³/mol. The van der Waals surface area contributed by atoms with Crippen molar-refractivity contribution >= 4 is 44.6 Å². The maximum atomic E-state index is 6.60. The Morgan fingerprint density at radius 2 is 1.00 bits per heavy atom. The number of nitrogens with zero attached hydrogens (tertiary/aromatic N) is 4. The lowest BCUT2D eigenvalue weighted by atomic mass is 9.95. The van der Waals surface area contributed by atoms with Crippen molar-refractivity contribution in [3.05, 3.63) is 194 Å². The Morgan fingerprint density at radius 3 is 1.66 bits per heavy atom. The number of hydrogen-bond acceptors (Lipinski definition) is 4. The summed E-state index contributed by atoms with van der Waals surface area (Å²) in [6.07, 6.45) is 1.82. The van der Waals surface area contributed by atoms with Gasteiger partial charge in [-0.15, -0.1) is 0 Å². The van der Waals surface area contributed by atoms with E-state index < -0.39 is 0 Å². The zero-order chi connectivity index (χ0) is 35.1. The molecule has 0 unspecified atom stereocenters. The molecule has 53 heavy (non-hydrogen) atoms. The van der Waals surface area contributed by atoms with Gasteiger partial charge in [0.05, 0.1) is 28.1 Å². The van der Waals surface area contributed by atoms with Gasteiger partial charge in [-0.05, 0) is 53.6 Å². The van der Waals surface area contributed by atoms with Gasteiger partial charge in [0.2, 0.25) is 0 Å². The third-order valence-electron chi connectivity index (χ3n) is 10.1. The van der Waals surface area contributed by atoms with E-state index in [-0.39, 0.29) is 0 Å². The Hall–Kier alpha value is -7.11. The van der Waals surface area contributed by atoms with Gasteiger partial charge < -0.3 is 14.5 Å². The standard InChI is InChI=1S/C48H34N4O/c1-3-15-34(16-4-1)39-23-14-24-40(35-17-5-2-6-18-35)48(39)51-33-50(45-27-11-12-28-46(45)51)36-19-13-20-37(31-36)53-38-29-30-49-47(32-38)52-43-25-9-7-21-41(43)42-22-8-10-26-44(42)52/h1-32H,33H2. The first-order valence-corrected chi connectivity index (χ1v) is 17.9. The molecule has 9 aromatic rings. The molecule has 0 bridgehead atoms. The quantitative estimate of drug-likeness (QED) is 0.168. The summed E-state index contributed by atoms with van der Waals surface area (Å²) in [6.45, 7) is 0.639. The molecule has 0 atom stereocenters. The smallest absolute Gasteiger partial charge is 0.141 e. The molecule has 2 aromatic heterocycles. The van der Waals surface area contributed by atoms with Gasteiger partial charge in [-0.2, -0.15) is 0 Å². The Labute approximate surface area is 308 Å². The van der Waals surface area contributed by atoms with Crippen LogP contribution in [0.1, 0.15) is 0 Å². The van der Waals surface area contributed by atoms with Gasteiger partial charge in [0.1, 0.15) is 24.0 Å². The van der Waals surface area contributed by atoms with E-state index in [0.29, 0.717) is 6.67 Å². The zero-order valence-corrected chi connectivity index (χ0v) is 28.9. The molecule has 10 rings (SSSR count). The summed E-state index contributed by atoms with van der Waals surface area (Å²) in [5.74, 6) is 2.29. The number of rotatable bonds is 7. The summed E-state index contributed by atoms with van der Waals surface area (Å²) < 4.78 is 8.81. The molecule has 0 aliphatic carbocycles. The number of anilines is 4. The first kappa shape index (κ1) is 30.7. The van der Waals surface area contributed by atoms with E-state index in [4.69, 9.17) is 9.72 Å². The minimum Gasteiger partial charge on any atom is -0.457 e. The van der Waals surface area contributed by atoms with Crippen LogP contribution in [0.4, 0.5) is 22.7 Å². The van der Waals surface area contributed by atoms with Gasteiger partial charge >= 0.3 is 0 Å². The summed E-state index contributed by atoms with van der Waals surface area (Å²) >= 11 is 0. The molecular formula is C48H34N4O. The van der Waals surface area contributed by atoms with Gasteiger partial charge in [0.25, 0.3) is 0 Å². The highest BCUT2D eigenvalue weighted by molar-refractivity contribution is 6.09. The minimum absolute atomic E-state index is 0.639. The highest BCUT2D eigenvalue weighted by Gasteiger charge is 2.31. The highest BCUT2D eigenvalue weighted by Crippen LogP contribution is 2.50. The van der Waals surface area contributed by atoms with Crippen LogP contribution in [-0.4, -0.2) is 16.2 Å². The molecule has 3 heterocycles. The summed E-state index contributed by atoms with van der Waals surface area (Å²) in [7, 11) is 0. The van der Waals surface area contributed by atoms with Crippen LogP contribution in [0.25, 0.3) is 49.9 Å². The van der Waals surface area contributed by atoms with Gasteiger partial charge in [-0.25, -0.2) is 4.98 Å². The fourth-order valence-corrected chi connectivity index (χ4v) is 7.77. The summed E-state index contributed by atoms with van der Waals surface area (Å²) in [4.78, 5) is 9.62. The molecule has 0 amide bonds. The van der Waals surface area contributed by atoms with Crippen molar-refractivity contribution in [1.29, 1.82) is 0 Å². The molecule has 0 saturated carbocycles. The lowest BCUT2D eigenvalue weighted by Gasteiger charge is -2.27. The number of benzene rings is 7. The number of fused-ring (bicyclic) bond motifs is 4. The maximum absolute atomic E-state index is 6.60. The van der Waals surface area contributed by atoms with Crippen LogP contribution in [0.2, 0.25) is 0 Å². The lowest BCUT2D eigenvalue weighted by molar-refractivity contribution is 0.481. The first-order valence-electron chi connectivity index (χ1n) is 17.9. The van der Waals surface area contributed by atoms with Gasteiger partial charge in [-0.3, -0.25) is 4.57 Å². The monoisotopic (exact) mass is 682 g/mol. The van der Waals surface area contributed by atoms with Crippen molar-refractivity contribution in [1.82, 2.24) is 9.55 Å². The molecular weight excluding hydrogens is 649 g/mol. The maximum Gasteiger partial charge on any atom is 0.141 e. The second-order valence-corrected chi connectivity index (χ2v) is 13.2. The van der Waals surface area contributed by atoms with Crippen LogP contribution < -0.4 is 14.5 Å². The van der Waals surface area contributed by atoms with Crippen molar-refractivity contribution in [2.75, 3.05) is 16.5 Å². The van der Waals surface area contributed by atoms with E-state index in [1.165, 1.54) is 38.7 Å². The molecule has 5 heteroatoms. The van der Waals surface area contributed by atoms with Gasteiger partial charge in [0, 0.05) is 45.9 Å². The molecule has 0 spiro atoms. The van der Waals surface area contributed by atoms with Crippen LogP contribution in [0.15, 0.2) is 194 Å². The fraction of sp³-hybridized carbons (Fsp3) is 0.0208. The van der Waals surface area contributed by atoms with Crippen LogP contribution in [0.5, 0.6) is 11.5 Å². The van der Waals surface area contributed by atoms with E-state index in [9.17, 15) is 0 Å². The lowest BCUT2D eigenvalue weighted by Crippen LogP contribution is -2.24. The predicted octanol–water partition coefficient (Wildman–Crippen LogP) is 12.6. The molecule has 0 fully saturated rings. The summed E-state index contributed by atoms with van der Waals surface area (Å²) in [6, 6.07) is 65.9. The van der Waals surface area contributed by atoms with Crippen molar-refractivity contribution in [3.8, 4) is 39.6 Å². The molecule has 0 N–H and O–H groups in total. The number of para-hydroxylation sites is 5. The zero-order valence-electron chi connectivity index (χ0n) is 28.9. The Balaban J connectivity index is 1.02. The van der Waals surface area contributed by atoms with Crippen LogP contribution in [0.3, 0.4) is 0 Å². The molecule has 1 aliphatic heterocycles. The van der Waals surface area contributed by atoms with Crippen molar-refractivity contribution in [2.24, 2.45) is 0 Å². The average Bonchev–Trinajstić information content (AvgIpc) is 3.78. The molecule has 7 aromatic carbocycles. The Bertz CT molecular complexity index is 2650. The summed E-state index contributed by atoms with van der Waals surface area (Å²) in [5.41, 5.74) is 11.5. The third kappa shape index (κ3) is 5.38. The topological polar surface area (TPSA) is 33.5 Å². The molecule has 252 valence electrons. The van der Waals surface area contributed by atoms with Gasteiger partial charge in [0.15, 0.2) is 0 Å². The van der Waals surface area contributed by atoms with Crippen LogP contribution in [0, 0.1) is 0 Å². The van der Waals surface area contributed by atoms with Crippen LogP contribution >= 0.6 is 0 Å². The van der Waals surface area contributed by atoms with E-state index in [2.05, 4.69) is 184 Å². The van der Waals surface area contributed by atoms with E-state index >= 15 is 0 Å². The van der Waals surface area contributed by atoms with Gasteiger partial charge in [-0.1, -0.05) is 133 Å². The van der Waals surface area contributed by atoms with E-state index in [0.717, 1.165) is 45.4 Å². The highest BCUT2D eigenvalue weighted by atomic mass is 16.5. The molecule has 0 saturated heterocycles. The van der Waals surface area contributed by atoms with Crippen molar-refractivity contribution < 1.29 is 4.74 Å².